The first-order valence-corrected chi connectivity index (χ1v) is 10.1. The fourth-order valence-corrected chi connectivity index (χ4v) is 2.47. The maximum absolute atomic E-state index is 11.1. The van der Waals surface area contributed by atoms with Crippen molar-refractivity contribution in [1.82, 2.24) is 0 Å². The van der Waals surface area contributed by atoms with Crippen LogP contribution in [-0.4, -0.2) is 102 Å². The summed E-state index contributed by atoms with van der Waals surface area (Å²) in [5, 5.41) is 0. The molecule has 30 heavy (non-hydrogen) atoms. The Morgan fingerprint density at radius 1 is 0.633 bits per heavy atom. The Kier molecular flexibility index (Phi) is 13.1. The van der Waals surface area contributed by atoms with E-state index in [1.165, 1.54) is 13.8 Å². The van der Waals surface area contributed by atoms with Gasteiger partial charge in [-0.15, -0.1) is 0 Å². The van der Waals surface area contributed by atoms with Crippen LogP contribution < -0.4 is 0 Å². The first kappa shape index (κ1) is 26.7. The second-order valence-electron chi connectivity index (χ2n) is 7.49. The Labute approximate surface area is 178 Å². The van der Waals surface area contributed by atoms with Crippen molar-refractivity contribution in [3.05, 3.63) is 0 Å². The normalized spacial score (nSPS) is 28.7. The quantitative estimate of drug-likeness (QED) is 0.586. The van der Waals surface area contributed by atoms with Gasteiger partial charge < -0.3 is 37.9 Å². The SMILES string of the molecule is CC(=O)OC[C@@]1(C)COCCOCCOC[C@](C)(COC(C)=O)OCCOCCO1. The predicted molar refractivity (Wildman–Crippen MR) is 105 cm³/mol. The van der Waals surface area contributed by atoms with E-state index in [0.29, 0.717) is 52.9 Å². The fourth-order valence-electron chi connectivity index (χ4n) is 2.47. The molecule has 2 atom stereocenters. The second-order valence-corrected chi connectivity index (χ2v) is 7.49. The summed E-state index contributed by atoms with van der Waals surface area (Å²) in [7, 11) is 0. The van der Waals surface area contributed by atoms with Gasteiger partial charge in [0.1, 0.15) is 24.4 Å². The summed E-state index contributed by atoms with van der Waals surface area (Å²) in [5.41, 5.74) is -1.58. The average molecular weight is 436 g/mol. The minimum Gasteiger partial charge on any atom is -0.463 e. The van der Waals surface area contributed by atoms with E-state index < -0.39 is 11.2 Å². The molecular weight excluding hydrogens is 400 g/mol. The molecule has 1 heterocycles. The van der Waals surface area contributed by atoms with Crippen LogP contribution in [0.1, 0.15) is 27.7 Å². The third-order valence-corrected chi connectivity index (χ3v) is 4.08. The maximum atomic E-state index is 11.1. The topological polar surface area (TPSA) is 108 Å². The van der Waals surface area contributed by atoms with Crippen LogP contribution >= 0.6 is 0 Å². The Morgan fingerprint density at radius 3 is 1.33 bits per heavy atom. The van der Waals surface area contributed by atoms with E-state index in [4.69, 9.17) is 37.9 Å². The minimum absolute atomic E-state index is 0.0780. The number of carbonyl (C=O) groups excluding carboxylic acids is 2. The predicted octanol–water partition coefficient (Wildman–Crippen LogP) is 0.743. The van der Waals surface area contributed by atoms with E-state index in [1.807, 2.05) is 13.8 Å². The van der Waals surface area contributed by atoms with Crippen LogP contribution in [0.25, 0.3) is 0 Å². The highest BCUT2D eigenvalue weighted by atomic mass is 16.6. The molecule has 0 radical (unpaired) electrons. The van der Waals surface area contributed by atoms with Crippen molar-refractivity contribution >= 4 is 11.9 Å². The van der Waals surface area contributed by atoms with Gasteiger partial charge in [0.2, 0.25) is 0 Å². The number of rotatable bonds is 4. The molecule has 0 bridgehead atoms. The zero-order valence-corrected chi connectivity index (χ0v) is 18.6. The van der Waals surface area contributed by atoms with Crippen LogP contribution in [0.4, 0.5) is 0 Å². The van der Waals surface area contributed by atoms with Gasteiger partial charge >= 0.3 is 11.9 Å². The van der Waals surface area contributed by atoms with Crippen molar-refractivity contribution < 1.29 is 47.5 Å². The molecule has 10 nitrogen and oxygen atoms in total. The molecular formula is C20H36O10. The van der Waals surface area contributed by atoms with E-state index in [1.54, 1.807) is 0 Å². The van der Waals surface area contributed by atoms with E-state index in [9.17, 15) is 9.59 Å². The zero-order chi connectivity index (χ0) is 22.3. The molecule has 1 saturated heterocycles. The molecule has 10 heteroatoms. The van der Waals surface area contributed by atoms with E-state index in [-0.39, 0.29) is 38.4 Å². The van der Waals surface area contributed by atoms with Crippen molar-refractivity contribution in [1.29, 1.82) is 0 Å². The highest BCUT2D eigenvalue weighted by Gasteiger charge is 2.29. The minimum atomic E-state index is -0.789. The second kappa shape index (κ2) is 14.7. The molecule has 1 rings (SSSR count). The third kappa shape index (κ3) is 13.1. The van der Waals surface area contributed by atoms with Crippen molar-refractivity contribution in [2.45, 2.75) is 38.9 Å². The molecule has 1 aliphatic rings. The lowest BCUT2D eigenvalue weighted by Crippen LogP contribution is -2.42. The molecule has 1 fully saturated rings. The highest BCUT2D eigenvalue weighted by molar-refractivity contribution is 5.66. The summed E-state index contributed by atoms with van der Waals surface area (Å²) in [6.45, 7) is 9.73. The summed E-state index contributed by atoms with van der Waals surface area (Å²) in [5.74, 6) is -0.763. The number of carbonyl (C=O) groups is 2. The molecule has 0 aromatic heterocycles. The van der Waals surface area contributed by atoms with Gasteiger partial charge in [-0.1, -0.05) is 0 Å². The van der Waals surface area contributed by atoms with Crippen molar-refractivity contribution in [3.8, 4) is 0 Å². The fraction of sp³-hybridized carbons (Fsp3) is 0.900. The number of esters is 2. The summed E-state index contributed by atoms with van der Waals surface area (Å²) in [6.07, 6.45) is 0. The van der Waals surface area contributed by atoms with Crippen LogP contribution in [-0.2, 0) is 47.5 Å². The summed E-state index contributed by atoms with van der Waals surface area (Å²) in [6, 6.07) is 0. The smallest absolute Gasteiger partial charge is 0.302 e. The molecule has 1 aliphatic heterocycles. The van der Waals surface area contributed by atoms with E-state index in [0.717, 1.165) is 0 Å². The Hall–Kier alpha value is -1.30. The monoisotopic (exact) mass is 436 g/mol. The Bertz CT molecular complexity index is 458. The molecule has 176 valence electrons. The lowest BCUT2D eigenvalue weighted by Gasteiger charge is -2.30. The lowest BCUT2D eigenvalue weighted by atomic mass is 10.1. The molecule has 0 saturated carbocycles. The van der Waals surface area contributed by atoms with Crippen LogP contribution in [0, 0.1) is 0 Å². The molecule has 0 aliphatic carbocycles. The van der Waals surface area contributed by atoms with Gasteiger partial charge in [-0.25, -0.2) is 0 Å². The zero-order valence-electron chi connectivity index (χ0n) is 18.6. The van der Waals surface area contributed by atoms with E-state index >= 15 is 0 Å². The van der Waals surface area contributed by atoms with Gasteiger partial charge in [0.15, 0.2) is 0 Å². The summed E-state index contributed by atoms with van der Waals surface area (Å²) < 4.78 is 44.2. The van der Waals surface area contributed by atoms with Crippen LogP contribution in [0.2, 0.25) is 0 Å². The molecule has 0 N–H and O–H groups in total. The molecule has 0 unspecified atom stereocenters. The largest absolute Gasteiger partial charge is 0.463 e. The molecule has 0 aromatic rings. The Balaban J connectivity index is 2.56. The first-order valence-electron chi connectivity index (χ1n) is 10.1. The van der Waals surface area contributed by atoms with Crippen molar-refractivity contribution in [2.24, 2.45) is 0 Å². The van der Waals surface area contributed by atoms with Crippen LogP contribution in [0.15, 0.2) is 0 Å². The van der Waals surface area contributed by atoms with Gasteiger partial charge in [0.05, 0.1) is 66.1 Å². The van der Waals surface area contributed by atoms with Gasteiger partial charge in [-0.3, -0.25) is 9.59 Å². The number of ether oxygens (including phenoxy) is 8. The van der Waals surface area contributed by atoms with Gasteiger partial charge in [-0.2, -0.15) is 0 Å². The summed E-state index contributed by atoms with van der Waals surface area (Å²) >= 11 is 0. The Morgan fingerprint density at radius 2 is 0.967 bits per heavy atom. The number of hydrogen-bond donors (Lipinski definition) is 0. The average Bonchev–Trinajstić information content (AvgIpc) is 2.68. The van der Waals surface area contributed by atoms with E-state index in [2.05, 4.69) is 0 Å². The van der Waals surface area contributed by atoms with Crippen LogP contribution in [0.5, 0.6) is 0 Å². The van der Waals surface area contributed by atoms with Gasteiger partial charge in [0.25, 0.3) is 0 Å². The molecule has 0 aromatic carbocycles. The summed E-state index contributed by atoms with van der Waals surface area (Å²) in [4.78, 5) is 22.3. The lowest BCUT2D eigenvalue weighted by molar-refractivity contribution is -0.168. The van der Waals surface area contributed by atoms with Crippen molar-refractivity contribution in [2.75, 3.05) is 79.3 Å². The number of hydrogen-bond acceptors (Lipinski definition) is 10. The standard InChI is InChI=1S/C20H36O10/c1-17(21)27-15-19(3)13-25-7-5-23-6-8-26-14-20(4,16-28-18(2)22)30-12-10-24-9-11-29-19/h5-16H2,1-4H3/t19-,20-/m1/s1. The first-order chi connectivity index (χ1) is 14.2. The molecule has 0 spiro atoms. The highest BCUT2D eigenvalue weighted by Crippen LogP contribution is 2.14. The van der Waals surface area contributed by atoms with Crippen LogP contribution in [0.3, 0.4) is 0 Å². The van der Waals surface area contributed by atoms with Gasteiger partial charge in [-0.05, 0) is 13.8 Å². The third-order valence-electron chi connectivity index (χ3n) is 4.08. The molecule has 0 amide bonds. The van der Waals surface area contributed by atoms with Gasteiger partial charge in [0, 0.05) is 13.8 Å². The maximum Gasteiger partial charge on any atom is 0.302 e. The van der Waals surface area contributed by atoms with Crippen molar-refractivity contribution in [3.63, 3.8) is 0 Å².